The molecule has 2 aromatic rings. The third kappa shape index (κ3) is 2.77. The van der Waals surface area contributed by atoms with E-state index < -0.39 is 6.04 Å². The predicted molar refractivity (Wildman–Crippen MR) is 87.5 cm³/mol. The molecular weight excluding hydrogens is 308 g/mol. The Labute approximate surface area is 140 Å². The first kappa shape index (κ1) is 16.2. The van der Waals surface area contributed by atoms with Crippen molar-refractivity contribution in [2.24, 2.45) is 0 Å². The summed E-state index contributed by atoms with van der Waals surface area (Å²) >= 11 is 0. The number of aromatic nitrogens is 2. The zero-order chi connectivity index (χ0) is 17.4. The van der Waals surface area contributed by atoms with Gasteiger partial charge in [-0.25, -0.2) is 4.79 Å². The van der Waals surface area contributed by atoms with Crippen molar-refractivity contribution in [1.29, 1.82) is 0 Å². The van der Waals surface area contributed by atoms with Gasteiger partial charge in [0.15, 0.2) is 5.82 Å². The zero-order valence-electron chi connectivity index (χ0n) is 14.2. The Kier molecular flexibility index (Phi) is 4.09. The van der Waals surface area contributed by atoms with E-state index in [2.05, 4.69) is 10.1 Å². The van der Waals surface area contributed by atoms with Crippen LogP contribution in [0.1, 0.15) is 44.0 Å². The van der Waals surface area contributed by atoms with E-state index in [1.54, 1.807) is 6.92 Å². The molecule has 1 aliphatic heterocycles. The number of urea groups is 1. The summed E-state index contributed by atoms with van der Waals surface area (Å²) in [6.07, 6.45) is 0. The van der Waals surface area contributed by atoms with Crippen molar-refractivity contribution in [3.05, 3.63) is 41.5 Å². The molecule has 1 aliphatic rings. The lowest BCUT2D eigenvalue weighted by Crippen LogP contribution is -2.33. The van der Waals surface area contributed by atoms with Gasteiger partial charge >= 0.3 is 6.03 Å². The molecule has 0 N–H and O–H groups in total. The Balaban J connectivity index is 1.83. The SMILES string of the molecule is Cc1ccc(N2C(=O)N(Cc3nc(C(C)C)no3)C(=O)[C@@H]2C)cc1. The van der Waals surface area contributed by atoms with Crippen molar-refractivity contribution in [2.75, 3.05) is 4.90 Å². The minimum absolute atomic E-state index is 0.00983. The van der Waals surface area contributed by atoms with Crippen molar-refractivity contribution in [3.63, 3.8) is 0 Å². The maximum absolute atomic E-state index is 12.7. The lowest BCUT2D eigenvalue weighted by molar-refractivity contribution is -0.127. The second-order valence-electron chi connectivity index (χ2n) is 6.29. The van der Waals surface area contributed by atoms with E-state index in [0.717, 1.165) is 10.5 Å². The van der Waals surface area contributed by atoms with Crippen LogP contribution >= 0.6 is 0 Å². The molecule has 0 saturated carbocycles. The second kappa shape index (κ2) is 6.07. The van der Waals surface area contributed by atoms with E-state index in [9.17, 15) is 9.59 Å². The summed E-state index contributed by atoms with van der Waals surface area (Å²) in [6.45, 7) is 7.57. The molecule has 7 heteroatoms. The number of aryl methyl sites for hydroxylation is 1. The van der Waals surface area contributed by atoms with Crippen LogP contribution in [0.15, 0.2) is 28.8 Å². The number of anilines is 1. The molecule has 0 spiro atoms. The molecule has 1 aromatic carbocycles. The van der Waals surface area contributed by atoms with Crippen molar-refractivity contribution in [1.82, 2.24) is 15.0 Å². The predicted octanol–water partition coefficient (Wildman–Crippen LogP) is 2.86. The van der Waals surface area contributed by atoms with Crippen LogP contribution in [-0.4, -0.2) is 33.0 Å². The summed E-state index contributed by atoms with van der Waals surface area (Å²) in [4.78, 5) is 32.1. The minimum Gasteiger partial charge on any atom is -0.337 e. The molecule has 0 bridgehead atoms. The van der Waals surface area contributed by atoms with Crippen LogP contribution in [0.2, 0.25) is 0 Å². The Morgan fingerprint density at radius 3 is 2.46 bits per heavy atom. The minimum atomic E-state index is -0.562. The average molecular weight is 328 g/mol. The third-order valence-corrected chi connectivity index (χ3v) is 4.05. The fourth-order valence-electron chi connectivity index (χ4n) is 2.61. The van der Waals surface area contributed by atoms with Gasteiger partial charge in [-0.2, -0.15) is 4.98 Å². The van der Waals surface area contributed by atoms with Crippen LogP contribution in [0, 0.1) is 6.92 Å². The first-order chi connectivity index (χ1) is 11.4. The number of amides is 3. The Hall–Kier alpha value is -2.70. The van der Waals surface area contributed by atoms with Crippen molar-refractivity contribution < 1.29 is 14.1 Å². The first-order valence-corrected chi connectivity index (χ1v) is 7.92. The van der Waals surface area contributed by atoms with Crippen LogP contribution in [0.4, 0.5) is 10.5 Å². The van der Waals surface area contributed by atoms with E-state index in [-0.39, 0.29) is 30.3 Å². The van der Waals surface area contributed by atoms with Gasteiger partial charge in [-0.1, -0.05) is 36.7 Å². The summed E-state index contributed by atoms with van der Waals surface area (Å²) in [6, 6.07) is 6.56. The van der Waals surface area contributed by atoms with Crippen LogP contribution in [0.3, 0.4) is 0 Å². The normalized spacial score (nSPS) is 18.1. The van der Waals surface area contributed by atoms with E-state index in [0.29, 0.717) is 11.5 Å². The standard InChI is InChI=1S/C17H20N4O3/c1-10(2)15-18-14(24-19-15)9-20-16(22)12(4)21(17(20)23)13-7-5-11(3)6-8-13/h5-8,10,12H,9H2,1-4H3/t12-/m0/s1. The van der Waals surface area contributed by atoms with E-state index in [4.69, 9.17) is 4.52 Å². The molecule has 0 aliphatic carbocycles. The summed E-state index contributed by atoms with van der Waals surface area (Å²) in [7, 11) is 0. The van der Waals surface area contributed by atoms with E-state index >= 15 is 0 Å². The van der Waals surface area contributed by atoms with Crippen LogP contribution in [0.5, 0.6) is 0 Å². The summed E-state index contributed by atoms with van der Waals surface area (Å²) in [5, 5.41) is 3.86. The maximum Gasteiger partial charge on any atom is 0.332 e. The Morgan fingerprint density at radius 2 is 1.88 bits per heavy atom. The van der Waals surface area contributed by atoms with E-state index in [1.807, 2.05) is 45.0 Å². The average Bonchev–Trinajstić information content (AvgIpc) is 3.09. The number of carbonyl (C=O) groups excluding carboxylic acids is 2. The number of hydrogen-bond donors (Lipinski definition) is 0. The molecular formula is C17H20N4O3. The lowest BCUT2D eigenvalue weighted by atomic mass is 10.2. The molecule has 1 aromatic heterocycles. The second-order valence-corrected chi connectivity index (χ2v) is 6.29. The third-order valence-electron chi connectivity index (χ3n) is 4.05. The molecule has 1 atom stereocenters. The maximum atomic E-state index is 12.7. The van der Waals surface area contributed by atoms with E-state index in [1.165, 1.54) is 4.90 Å². The molecule has 3 amide bonds. The van der Waals surface area contributed by atoms with Gasteiger partial charge in [0.2, 0.25) is 5.89 Å². The summed E-state index contributed by atoms with van der Waals surface area (Å²) in [5.41, 5.74) is 1.79. The van der Waals surface area contributed by atoms with Crippen molar-refractivity contribution in [2.45, 2.75) is 46.2 Å². The largest absolute Gasteiger partial charge is 0.337 e. The zero-order valence-corrected chi connectivity index (χ0v) is 14.2. The molecule has 1 saturated heterocycles. The number of nitrogens with zero attached hydrogens (tertiary/aromatic N) is 4. The number of imide groups is 1. The topological polar surface area (TPSA) is 79.5 Å². The summed E-state index contributed by atoms with van der Waals surface area (Å²) in [5.74, 6) is 0.672. The quantitative estimate of drug-likeness (QED) is 0.806. The van der Waals surface area contributed by atoms with Gasteiger partial charge in [-0.3, -0.25) is 14.6 Å². The Bertz CT molecular complexity index is 766. The molecule has 1 fully saturated rings. The van der Waals surface area contributed by atoms with Crippen molar-refractivity contribution >= 4 is 17.6 Å². The van der Waals surface area contributed by atoms with Gasteiger partial charge in [0, 0.05) is 11.6 Å². The molecule has 24 heavy (non-hydrogen) atoms. The van der Waals surface area contributed by atoms with Gasteiger partial charge in [0.25, 0.3) is 5.91 Å². The molecule has 7 nitrogen and oxygen atoms in total. The number of rotatable bonds is 4. The van der Waals surface area contributed by atoms with Crippen LogP contribution in [-0.2, 0) is 11.3 Å². The smallest absolute Gasteiger partial charge is 0.332 e. The monoisotopic (exact) mass is 328 g/mol. The highest BCUT2D eigenvalue weighted by Gasteiger charge is 2.43. The molecule has 0 radical (unpaired) electrons. The van der Waals surface area contributed by atoms with Gasteiger partial charge in [0.1, 0.15) is 12.6 Å². The van der Waals surface area contributed by atoms with Gasteiger partial charge in [0.05, 0.1) is 0 Å². The lowest BCUT2D eigenvalue weighted by Gasteiger charge is -2.19. The number of benzene rings is 1. The number of hydrogen-bond acceptors (Lipinski definition) is 5. The van der Waals surface area contributed by atoms with Gasteiger partial charge in [-0.05, 0) is 26.0 Å². The molecule has 2 heterocycles. The molecule has 0 unspecified atom stereocenters. The Morgan fingerprint density at radius 1 is 1.21 bits per heavy atom. The molecule has 126 valence electrons. The van der Waals surface area contributed by atoms with Gasteiger partial charge in [-0.15, -0.1) is 0 Å². The fraction of sp³-hybridized carbons (Fsp3) is 0.412. The number of carbonyl (C=O) groups is 2. The first-order valence-electron chi connectivity index (χ1n) is 7.92. The highest BCUT2D eigenvalue weighted by atomic mass is 16.5. The van der Waals surface area contributed by atoms with Crippen molar-refractivity contribution in [3.8, 4) is 0 Å². The summed E-state index contributed by atoms with van der Waals surface area (Å²) < 4.78 is 5.15. The van der Waals surface area contributed by atoms with Crippen LogP contribution < -0.4 is 4.90 Å². The molecule has 3 rings (SSSR count). The highest BCUT2D eigenvalue weighted by Crippen LogP contribution is 2.27. The van der Waals surface area contributed by atoms with Gasteiger partial charge < -0.3 is 4.52 Å². The highest BCUT2D eigenvalue weighted by molar-refractivity contribution is 6.13. The fourth-order valence-corrected chi connectivity index (χ4v) is 2.61. The van der Waals surface area contributed by atoms with Crippen LogP contribution in [0.25, 0.3) is 0 Å².